The lowest BCUT2D eigenvalue weighted by atomic mass is 9.65. The van der Waals surface area contributed by atoms with Crippen LogP contribution in [0.4, 0.5) is 0 Å². The molecule has 1 saturated heterocycles. The highest BCUT2D eigenvalue weighted by molar-refractivity contribution is 5.27. The van der Waals surface area contributed by atoms with E-state index < -0.39 is 5.60 Å². The third-order valence-electron chi connectivity index (χ3n) is 6.93. The first-order valence-electron chi connectivity index (χ1n) is 11.2. The number of piperidine rings is 1. The van der Waals surface area contributed by atoms with Crippen molar-refractivity contribution in [2.45, 2.75) is 38.0 Å². The summed E-state index contributed by atoms with van der Waals surface area (Å²) in [6, 6.07) is 14.2. The van der Waals surface area contributed by atoms with Crippen molar-refractivity contribution in [1.29, 1.82) is 0 Å². The Morgan fingerprint density at radius 1 is 1.03 bits per heavy atom. The number of rotatable bonds is 6. The van der Waals surface area contributed by atoms with Crippen LogP contribution in [0.3, 0.4) is 0 Å². The van der Waals surface area contributed by atoms with E-state index in [2.05, 4.69) is 27.0 Å². The number of ether oxygens (including phenoxy) is 1. The number of aromatic nitrogens is 3. The number of aliphatic hydroxyl groups is 1. The van der Waals surface area contributed by atoms with Crippen molar-refractivity contribution in [1.82, 2.24) is 19.4 Å². The number of pyridine rings is 1. The van der Waals surface area contributed by atoms with Crippen molar-refractivity contribution in [3.63, 3.8) is 0 Å². The Morgan fingerprint density at radius 2 is 1.81 bits per heavy atom. The van der Waals surface area contributed by atoms with Gasteiger partial charge in [0, 0.05) is 57.1 Å². The second-order valence-electron chi connectivity index (χ2n) is 8.96. The topological polar surface area (TPSA) is 63.4 Å². The van der Waals surface area contributed by atoms with Crippen LogP contribution < -0.4 is 4.74 Å². The van der Waals surface area contributed by atoms with Crippen LogP contribution in [0, 0.1) is 11.8 Å². The van der Waals surface area contributed by atoms with Crippen LogP contribution in [-0.4, -0.2) is 37.6 Å². The molecule has 6 heteroatoms. The maximum Gasteiger partial charge on any atom is 0.141 e. The fraction of sp³-hybridized carbons (Fsp3) is 0.440. The number of benzene rings is 1. The zero-order valence-corrected chi connectivity index (χ0v) is 18.0. The van der Waals surface area contributed by atoms with Gasteiger partial charge in [-0.1, -0.05) is 24.6 Å². The summed E-state index contributed by atoms with van der Waals surface area (Å²) in [7, 11) is 1.99. The van der Waals surface area contributed by atoms with Crippen LogP contribution in [0.2, 0.25) is 0 Å². The minimum atomic E-state index is -0.809. The molecule has 2 atom stereocenters. The smallest absolute Gasteiger partial charge is 0.141 e. The van der Waals surface area contributed by atoms with Gasteiger partial charge >= 0.3 is 0 Å². The number of imidazole rings is 1. The Bertz CT molecular complexity index is 988. The fourth-order valence-corrected chi connectivity index (χ4v) is 5.38. The summed E-state index contributed by atoms with van der Waals surface area (Å²) in [5.41, 5.74) is 1.38. The lowest BCUT2D eigenvalue weighted by Crippen LogP contribution is -2.58. The minimum absolute atomic E-state index is 0.224. The average Bonchev–Trinajstić information content (AvgIpc) is 3.21. The van der Waals surface area contributed by atoms with Gasteiger partial charge in [0.2, 0.25) is 0 Å². The van der Waals surface area contributed by atoms with Gasteiger partial charge in [0.05, 0.1) is 5.69 Å². The Kier molecular flexibility index (Phi) is 5.50. The van der Waals surface area contributed by atoms with Gasteiger partial charge in [-0.15, -0.1) is 0 Å². The van der Waals surface area contributed by atoms with Crippen LogP contribution in [0.25, 0.3) is 0 Å². The molecule has 1 aliphatic heterocycles. The minimum Gasteiger partial charge on any atom is -0.487 e. The molecule has 31 heavy (non-hydrogen) atoms. The number of nitrogens with zero attached hydrogens (tertiary/aromatic N) is 4. The molecular formula is C25H30N4O2. The van der Waals surface area contributed by atoms with Crippen LogP contribution in [0.5, 0.6) is 5.75 Å². The van der Waals surface area contributed by atoms with Crippen molar-refractivity contribution in [3.05, 3.63) is 78.1 Å². The Labute approximate surface area is 183 Å². The molecule has 1 saturated carbocycles. The molecule has 3 aromatic rings. The molecule has 1 aromatic carbocycles. The van der Waals surface area contributed by atoms with Crippen molar-refractivity contribution < 1.29 is 9.84 Å². The van der Waals surface area contributed by atoms with Gasteiger partial charge in [0.25, 0.3) is 0 Å². The predicted molar refractivity (Wildman–Crippen MR) is 118 cm³/mol. The van der Waals surface area contributed by atoms with E-state index in [4.69, 9.17) is 4.74 Å². The molecule has 162 valence electrons. The summed E-state index contributed by atoms with van der Waals surface area (Å²) in [4.78, 5) is 11.3. The molecule has 1 N–H and O–H groups in total. The van der Waals surface area contributed by atoms with Crippen molar-refractivity contribution in [3.8, 4) is 5.75 Å². The highest BCUT2D eigenvalue weighted by atomic mass is 16.5. The highest BCUT2D eigenvalue weighted by Gasteiger charge is 2.53. The molecule has 1 aliphatic carbocycles. The molecule has 0 unspecified atom stereocenters. The molecule has 2 aromatic heterocycles. The normalized spacial score (nSPS) is 26.0. The molecule has 0 radical (unpaired) electrons. The first-order valence-corrected chi connectivity index (χ1v) is 11.2. The number of aryl methyl sites for hydroxylation is 1. The molecule has 0 amide bonds. The number of hydrogen-bond acceptors (Lipinski definition) is 5. The van der Waals surface area contributed by atoms with Crippen molar-refractivity contribution in [2.24, 2.45) is 18.9 Å². The van der Waals surface area contributed by atoms with Crippen molar-refractivity contribution in [2.75, 3.05) is 13.1 Å². The predicted octanol–water partition coefficient (Wildman–Crippen LogP) is 3.51. The van der Waals surface area contributed by atoms with E-state index in [1.54, 1.807) is 12.4 Å². The van der Waals surface area contributed by atoms with Crippen LogP contribution in [-0.2, 0) is 25.8 Å². The third-order valence-corrected chi connectivity index (χ3v) is 6.93. The second kappa shape index (κ2) is 8.44. The van der Waals surface area contributed by atoms with Crippen molar-refractivity contribution >= 4 is 0 Å². The summed E-state index contributed by atoms with van der Waals surface area (Å²) in [5.74, 6) is 2.13. The maximum absolute atomic E-state index is 11.7. The molecule has 3 heterocycles. The SMILES string of the molecule is Cn1ccnc1C1(O)[C@H]2CCC[C@H]1CN(Cc1ccc(OCc3ccccn3)cc1)C2. The molecule has 2 bridgehead atoms. The van der Waals surface area contributed by atoms with Crippen LogP contribution in [0.15, 0.2) is 61.1 Å². The Balaban J connectivity index is 1.23. The number of likely N-dealkylation sites (tertiary alicyclic amines) is 1. The quantitative estimate of drug-likeness (QED) is 0.664. The van der Waals surface area contributed by atoms with Gasteiger partial charge in [-0.25, -0.2) is 4.98 Å². The van der Waals surface area contributed by atoms with E-state index in [0.29, 0.717) is 6.61 Å². The van der Waals surface area contributed by atoms with Gasteiger partial charge in [-0.2, -0.15) is 0 Å². The molecular weight excluding hydrogens is 388 g/mol. The zero-order valence-electron chi connectivity index (χ0n) is 18.0. The van der Waals surface area contributed by atoms with Crippen LogP contribution in [0.1, 0.15) is 36.3 Å². The average molecular weight is 419 g/mol. The van der Waals surface area contributed by atoms with E-state index in [1.807, 2.05) is 48.1 Å². The largest absolute Gasteiger partial charge is 0.487 e. The highest BCUT2D eigenvalue weighted by Crippen LogP contribution is 2.48. The van der Waals surface area contributed by atoms with E-state index in [1.165, 1.54) is 12.0 Å². The van der Waals surface area contributed by atoms with Gasteiger partial charge in [-0.05, 0) is 42.7 Å². The number of fused-ring (bicyclic) bond motifs is 2. The van der Waals surface area contributed by atoms with E-state index in [0.717, 1.165) is 49.7 Å². The first-order chi connectivity index (χ1) is 15.1. The Hall–Kier alpha value is -2.70. The van der Waals surface area contributed by atoms with E-state index in [-0.39, 0.29) is 11.8 Å². The van der Waals surface area contributed by atoms with E-state index in [9.17, 15) is 5.11 Å². The summed E-state index contributed by atoms with van der Waals surface area (Å²) >= 11 is 0. The summed E-state index contributed by atoms with van der Waals surface area (Å²) in [5, 5.41) is 11.7. The first kappa shape index (κ1) is 20.2. The fourth-order valence-electron chi connectivity index (χ4n) is 5.38. The lowest BCUT2D eigenvalue weighted by Gasteiger charge is -2.52. The van der Waals surface area contributed by atoms with E-state index >= 15 is 0 Å². The third kappa shape index (κ3) is 3.98. The standard InChI is InChI=1S/C25H30N4O2/c1-28-14-13-27-24(28)25(30)20-5-4-6-21(25)17-29(16-20)15-19-8-10-23(11-9-19)31-18-22-7-2-3-12-26-22/h2-3,7-14,20-21,30H,4-6,15-18H2,1H3/t20-,21-/m0/s1. The maximum atomic E-state index is 11.7. The van der Waals surface area contributed by atoms with Crippen LogP contribution >= 0.6 is 0 Å². The van der Waals surface area contributed by atoms with Gasteiger partial charge in [-0.3, -0.25) is 9.88 Å². The van der Waals surface area contributed by atoms with Gasteiger partial charge in [0.1, 0.15) is 23.8 Å². The van der Waals surface area contributed by atoms with Gasteiger partial charge < -0.3 is 14.4 Å². The molecule has 5 rings (SSSR count). The lowest BCUT2D eigenvalue weighted by molar-refractivity contribution is -0.155. The summed E-state index contributed by atoms with van der Waals surface area (Å²) in [6.07, 6.45) is 8.82. The van der Waals surface area contributed by atoms with Gasteiger partial charge in [0.15, 0.2) is 0 Å². The molecule has 6 nitrogen and oxygen atoms in total. The Morgan fingerprint density at radius 3 is 2.45 bits per heavy atom. The zero-order chi connectivity index (χ0) is 21.3. The molecule has 0 spiro atoms. The molecule has 2 fully saturated rings. The number of hydrogen-bond donors (Lipinski definition) is 1. The monoisotopic (exact) mass is 418 g/mol. The molecule has 2 aliphatic rings. The summed E-state index contributed by atoms with van der Waals surface area (Å²) in [6.45, 7) is 3.17. The summed E-state index contributed by atoms with van der Waals surface area (Å²) < 4.78 is 7.85. The second-order valence-corrected chi connectivity index (χ2v) is 8.96.